The molecule has 2 heterocycles. The lowest BCUT2D eigenvalue weighted by Crippen LogP contribution is -2.45. The normalized spacial score (nSPS) is 19.5. The third-order valence-corrected chi connectivity index (χ3v) is 5.60. The molecule has 0 spiro atoms. The maximum Gasteiger partial charge on any atom is 0.0731 e. The predicted octanol–water partition coefficient (Wildman–Crippen LogP) is 3.57. The van der Waals surface area contributed by atoms with E-state index in [0.29, 0.717) is 6.04 Å². The summed E-state index contributed by atoms with van der Waals surface area (Å²) in [6.45, 7) is 9.09. The molecule has 1 aliphatic rings. The number of hydrogen-bond donors (Lipinski definition) is 1. The maximum atomic E-state index is 3.65. The number of halogens is 1. The van der Waals surface area contributed by atoms with E-state index in [1.165, 1.54) is 40.2 Å². The van der Waals surface area contributed by atoms with Crippen molar-refractivity contribution in [2.75, 3.05) is 26.2 Å². The van der Waals surface area contributed by atoms with Gasteiger partial charge in [0, 0.05) is 37.1 Å². The maximum absolute atomic E-state index is 3.65. The van der Waals surface area contributed by atoms with E-state index in [-0.39, 0.29) is 0 Å². The van der Waals surface area contributed by atoms with Crippen LogP contribution in [0.15, 0.2) is 9.85 Å². The van der Waals surface area contributed by atoms with Gasteiger partial charge < -0.3 is 5.32 Å². The molecular weight excluding hydrogens is 296 g/mol. The Balaban J connectivity index is 2.15. The van der Waals surface area contributed by atoms with Crippen molar-refractivity contribution in [2.45, 2.75) is 32.7 Å². The van der Waals surface area contributed by atoms with Gasteiger partial charge in [-0.15, -0.1) is 11.3 Å². The van der Waals surface area contributed by atoms with Crippen molar-refractivity contribution in [3.63, 3.8) is 0 Å². The van der Waals surface area contributed by atoms with Crippen LogP contribution in [0.3, 0.4) is 0 Å². The zero-order valence-corrected chi connectivity index (χ0v) is 13.0. The molecule has 0 aromatic carbocycles. The number of aryl methyl sites for hydroxylation is 1. The van der Waals surface area contributed by atoms with E-state index < -0.39 is 0 Å². The van der Waals surface area contributed by atoms with Gasteiger partial charge in [-0.05, 0) is 40.9 Å². The Morgan fingerprint density at radius 2 is 2.18 bits per heavy atom. The van der Waals surface area contributed by atoms with Gasteiger partial charge >= 0.3 is 0 Å². The molecule has 2 rings (SSSR count). The predicted molar refractivity (Wildman–Crippen MR) is 78.8 cm³/mol. The first-order valence-electron chi connectivity index (χ1n) is 6.43. The van der Waals surface area contributed by atoms with Gasteiger partial charge in [-0.1, -0.05) is 13.3 Å². The Bertz CT molecular complexity index is 339. The monoisotopic (exact) mass is 316 g/mol. The molecule has 0 radical (unpaired) electrons. The van der Waals surface area contributed by atoms with Gasteiger partial charge in [0.2, 0.25) is 0 Å². The lowest BCUT2D eigenvalue weighted by Gasteiger charge is -2.34. The summed E-state index contributed by atoms with van der Waals surface area (Å²) in [5, 5.41) is 3.43. The van der Waals surface area contributed by atoms with Crippen molar-refractivity contribution in [1.29, 1.82) is 0 Å². The first-order valence-corrected chi connectivity index (χ1v) is 8.04. The summed E-state index contributed by atoms with van der Waals surface area (Å²) < 4.78 is 1.30. The average Bonchev–Trinajstić information content (AvgIpc) is 2.67. The van der Waals surface area contributed by atoms with Gasteiger partial charge in [-0.25, -0.2) is 0 Å². The highest BCUT2D eigenvalue weighted by Crippen LogP contribution is 2.36. The van der Waals surface area contributed by atoms with E-state index in [9.17, 15) is 0 Å². The number of piperazine rings is 1. The van der Waals surface area contributed by atoms with Crippen LogP contribution in [0.2, 0.25) is 0 Å². The summed E-state index contributed by atoms with van der Waals surface area (Å²) in [5.41, 5.74) is 1.38. The van der Waals surface area contributed by atoms with Crippen molar-refractivity contribution in [3.05, 3.63) is 20.3 Å². The second kappa shape index (κ2) is 6.32. The SMILES string of the molecule is CCC[C@@H](c1cc(C)c(Br)s1)N1CCNCC1. The minimum atomic E-state index is 0.622. The lowest BCUT2D eigenvalue weighted by atomic mass is 10.1. The van der Waals surface area contributed by atoms with E-state index in [2.05, 4.69) is 46.1 Å². The molecule has 1 aliphatic heterocycles. The van der Waals surface area contributed by atoms with Crippen LogP contribution in [0.5, 0.6) is 0 Å². The average molecular weight is 317 g/mol. The van der Waals surface area contributed by atoms with Crippen LogP contribution in [0.4, 0.5) is 0 Å². The van der Waals surface area contributed by atoms with E-state index >= 15 is 0 Å². The Morgan fingerprint density at radius 1 is 1.47 bits per heavy atom. The molecule has 1 N–H and O–H groups in total. The lowest BCUT2D eigenvalue weighted by molar-refractivity contribution is 0.167. The van der Waals surface area contributed by atoms with Crippen LogP contribution in [-0.4, -0.2) is 31.1 Å². The fourth-order valence-corrected chi connectivity index (χ4v) is 4.16. The van der Waals surface area contributed by atoms with Crippen molar-refractivity contribution in [3.8, 4) is 0 Å². The third kappa shape index (κ3) is 3.31. The highest BCUT2D eigenvalue weighted by Gasteiger charge is 2.23. The summed E-state index contributed by atoms with van der Waals surface area (Å²) >= 11 is 5.56. The Kier molecular flexibility index (Phi) is 5.03. The van der Waals surface area contributed by atoms with Gasteiger partial charge in [0.25, 0.3) is 0 Å². The molecule has 1 saturated heterocycles. The number of thiophene rings is 1. The van der Waals surface area contributed by atoms with Crippen LogP contribution < -0.4 is 5.32 Å². The second-order valence-corrected chi connectivity index (χ2v) is 7.10. The first-order chi connectivity index (χ1) is 8.22. The van der Waals surface area contributed by atoms with E-state index in [1.807, 2.05) is 11.3 Å². The molecule has 0 aliphatic carbocycles. The van der Waals surface area contributed by atoms with Crippen LogP contribution in [0, 0.1) is 6.92 Å². The molecule has 0 amide bonds. The molecule has 17 heavy (non-hydrogen) atoms. The van der Waals surface area contributed by atoms with Crippen molar-refractivity contribution >= 4 is 27.3 Å². The molecule has 1 fully saturated rings. The summed E-state index contributed by atoms with van der Waals surface area (Å²) in [6, 6.07) is 2.98. The van der Waals surface area contributed by atoms with Gasteiger partial charge in [-0.3, -0.25) is 4.90 Å². The Hall–Kier alpha value is 0.1000. The van der Waals surface area contributed by atoms with Crippen LogP contribution >= 0.6 is 27.3 Å². The molecule has 2 nitrogen and oxygen atoms in total. The standard InChI is InChI=1S/C13H21BrN2S/c1-3-4-11(16-7-5-15-6-8-16)12-9-10(2)13(14)17-12/h9,11,15H,3-8H2,1-2H3/t11-/m0/s1. The number of nitrogens with one attached hydrogen (secondary N) is 1. The summed E-state index contributed by atoms with van der Waals surface area (Å²) in [6.07, 6.45) is 2.52. The van der Waals surface area contributed by atoms with Gasteiger partial charge in [0.05, 0.1) is 3.79 Å². The largest absolute Gasteiger partial charge is 0.314 e. The quantitative estimate of drug-likeness (QED) is 0.913. The summed E-state index contributed by atoms with van der Waals surface area (Å²) in [5.74, 6) is 0. The minimum Gasteiger partial charge on any atom is -0.314 e. The van der Waals surface area contributed by atoms with Crippen LogP contribution in [0.1, 0.15) is 36.2 Å². The minimum absolute atomic E-state index is 0.622. The molecule has 0 unspecified atom stereocenters. The number of nitrogens with zero attached hydrogens (tertiary/aromatic N) is 1. The van der Waals surface area contributed by atoms with E-state index in [1.54, 1.807) is 0 Å². The van der Waals surface area contributed by atoms with Gasteiger partial charge in [0.1, 0.15) is 0 Å². The number of hydrogen-bond acceptors (Lipinski definition) is 3. The van der Waals surface area contributed by atoms with E-state index in [4.69, 9.17) is 0 Å². The van der Waals surface area contributed by atoms with Crippen molar-refractivity contribution in [2.24, 2.45) is 0 Å². The summed E-state index contributed by atoms with van der Waals surface area (Å²) in [7, 11) is 0. The molecular formula is C13H21BrN2S. The van der Waals surface area contributed by atoms with Crippen LogP contribution in [-0.2, 0) is 0 Å². The molecule has 96 valence electrons. The Labute approximate surface area is 117 Å². The molecule has 0 bridgehead atoms. The topological polar surface area (TPSA) is 15.3 Å². The fourth-order valence-electron chi connectivity index (χ4n) is 2.42. The zero-order valence-electron chi connectivity index (χ0n) is 10.6. The van der Waals surface area contributed by atoms with Crippen LogP contribution in [0.25, 0.3) is 0 Å². The molecule has 1 aromatic rings. The third-order valence-electron chi connectivity index (χ3n) is 3.36. The first kappa shape index (κ1) is 13.5. The number of rotatable bonds is 4. The Morgan fingerprint density at radius 3 is 2.71 bits per heavy atom. The summed E-state index contributed by atoms with van der Waals surface area (Å²) in [4.78, 5) is 4.16. The molecule has 4 heteroatoms. The van der Waals surface area contributed by atoms with Crippen molar-refractivity contribution < 1.29 is 0 Å². The highest BCUT2D eigenvalue weighted by atomic mass is 79.9. The van der Waals surface area contributed by atoms with Gasteiger partial charge in [-0.2, -0.15) is 0 Å². The molecule has 0 saturated carbocycles. The fraction of sp³-hybridized carbons (Fsp3) is 0.692. The zero-order chi connectivity index (χ0) is 12.3. The van der Waals surface area contributed by atoms with Gasteiger partial charge in [0.15, 0.2) is 0 Å². The van der Waals surface area contributed by atoms with Crippen molar-refractivity contribution in [1.82, 2.24) is 10.2 Å². The second-order valence-electron chi connectivity index (χ2n) is 4.70. The highest BCUT2D eigenvalue weighted by molar-refractivity contribution is 9.11. The van der Waals surface area contributed by atoms with E-state index in [0.717, 1.165) is 13.1 Å². The molecule has 1 aromatic heterocycles. The molecule has 1 atom stereocenters. The smallest absolute Gasteiger partial charge is 0.0731 e.